The van der Waals surface area contributed by atoms with E-state index < -0.39 is 38.2 Å². The summed E-state index contributed by atoms with van der Waals surface area (Å²) in [6.07, 6.45) is 0. The highest BCUT2D eigenvalue weighted by atomic mass is 32.2. The number of benzene rings is 2. The van der Waals surface area contributed by atoms with Crippen LogP contribution in [-0.2, 0) is 10.1 Å². The second kappa shape index (κ2) is 6.27. The number of carbonyl (C=O) groups excluding carboxylic acids is 2. The topological polar surface area (TPSA) is 126 Å². The maximum absolute atomic E-state index is 13.6. The van der Waals surface area contributed by atoms with Crippen molar-refractivity contribution in [3.63, 3.8) is 0 Å². The third-order valence-electron chi connectivity index (χ3n) is 3.20. The lowest BCUT2D eigenvalue weighted by Crippen LogP contribution is -2.31. The first-order chi connectivity index (χ1) is 11.8. The number of rotatable bonds is 3. The number of aromatic nitrogens is 2. The molecule has 0 saturated heterocycles. The van der Waals surface area contributed by atoms with Gasteiger partial charge in [0.25, 0.3) is 21.9 Å². The van der Waals surface area contributed by atoms with Gasteiger partial charge in [0, 0.05) is 6.07 Å². The number of amides is 2. The van der Waals surface area contributed by atoms with Crippen molar-refractivity contribution in [2.24, 2.45) is 0 Å². The van der Waals surface area contributed by atoms with Crippen molar-refractivity contribution in [2.45, 2.75) is 4.90 Å². The van der Waals surface area contributed by atoms with Gasteiger partial charge in [0.1, 0.15) is 16.2 Å². The van der Waals surface area contributed by atoms with Crippen molar-refractivity contribution in [1.82, 2.24) is 14.9 Å². The maximum atomic E-state index is 13.6. The molecule has 1 aromatic heterocycles. The predicted molar refractivity (Wildman–Crippen MR) is 85.4 cm³/mol. The van der Waals surface area contributed by atoms with Crippen LogP contribution >= 0.6 is 11.5 Å². The second-order valence-electron chi connectivity index (χ2n) is 4.83. The summed E-state index contributed by atoms with van der Waals surface area (Å²) < 4.78 is 49.3. The van der Waals surface area contributed by atoms with Gasteiger partial charge in [0.2, 0.25) is 0 Å². The molecule has 11 heteroatoms. The molecule has 0 fully saturated rings. The Labute approximate surface area is 144 Å². The molecule has 0 bridgehead atoms. The van der Waals surface area contributed by atoms with Crippen molar-refractivity contribution in [3.8, 4) is 0 Å². The van der Waals surface area contributed by atoms with Crippen molar-refractivity contribution in [2.75, 3.05) is 0 Å². The first kappa shape index (κ1) is 17.1. The SMILES string of the molecule is O=C(NC(=O)c1cc(F)cc2nnsc12)c1ccccc1S(=O)(=O)O. The van der Waals surface area contributed by atoms with Gasteiger partial charge in [-0.3, -0.25) is 19.5 Å². The lowest BCUT2D eigenvalue weighted by atomic mass is 10.1. The monoisotopic (exact) mass is 381 g/mol. The Morgan fingerprint density at radius 3 is 2.52 bits per heavy atom. The number of nitrogens with zero attached hydrogens (tertiary/aromatic N) is 2. The second-order valence-corrected chi connectivity index (χ2v) is 6.97. The zero-order chi connectivity index (χ0) is 18.2. The van der Waals surface area contributed by atoms with Crippen LogP contribution in [0.5, 0.6) is 0 Å². The number of imide groups is 1. The van der Waals surface area contributed by atoms with Crippen LogP contribution in [0, 0.1) is 5.82 Å². The van der Waals surface area contributed by atoms with E-state index in [0.29, 0.717) is 0 Å². The minimum Gasteiger partial charge on any atom is -0.288 e. The molecule has 0 aliphatic heterocycles. The normalized spacial score (nSPS) is 11.4. The van der Waals surface area contributed by atoms with Gasteiger partial charge in [-0.1, -0.05) is 16.6 Å². The molecule has 0 spiro atoms. The maximum Gasteiger partial charge on any atom is 0.295 e. The highest BCUT2D eigenvalue weighted by molar-refractivity contribution is 7.86. The van der Waals surface area contributed by atoms with Crippen molar-refractivity contribution in [1.29, 1.82) is 0 Å². The van der Waals surface area contributed by atoms with Crippen LogP contribution in [0.4, 0.5) is 4.39 Å². The van der Waals surface area contributed by atoms with Crippen LogP contribution < -0.4 is 5.32 Å². The molecule has 1 heterocycles. The summed E-state index contributed by atoms with van der Waals surface area (Å²) in [5.41, 5.74) is -0.433. The van der Waals surface area contributed by atoms with Gasteiger partial charge in [-0.2, -0.15) is 8.42 Å². The van der Waals surface area contributed by atoms with Crippen LogP contribution in [0.2, 0.25) is 0 Å². The first-order valence-corrected chi connectivity index (χ1v) is 8.82. The largest absolute Gasteiger partial charge is 0.295 e. The first-order valence-electron chi connectivity index (χ1n) is 6.61. The number of fused-ring (bicyclic) bond motifs is 1. The van der Waals surface area contributed by atoms with Gasteiger partial charge in [-0.05, 0) is 29.7 Å². The summed E-state index contributed by atoms with van der Waals surface area (Å²) in [5, 5.41) is 5.62. The van der Waals surface area contributed by atoms with Crippen LogP contribution in [0.15, 0.2) is 41.3 Å². The number of carbonyl (C=O) groups is 2. The van der Waals surface area contributed by atoms with E-state index in [1.54, 1.807) is 0 Å². The Morgan fingerprint density at radius 1 is 1.12 bits per heavy atom. The van der Waals surface area contributed by atoms with E-state index in [-0.39, 0.29) is 15.8 Å². The van der Waals surface area contributed by atoms with Crippen LogP contribution in [0.1, 0.15) is 20.7 Å². The Balaban J connectivity index is 1.97. The quantitative estimate of drug-likeness (QED) is 0.522. The van der Waals surface area contributed by atoms with E-state index >= 15 is 0 Å². The molecule has 2 aromatic carbocycles. The van der Waals surface area contributed by atoms with Crippen LogP contribution in [0.25, 0.3) is 10.2 Å². The molecule has 0 radical (unpaired) electrons. The minimum absolute atomic E-state index is 0.154. The molecule has 0 atom stereocenters. The molecule has 128 valence electrons. The average molecular weight is 381 g/mol. The Bertz CT molecular complexity index is 1110. The average Bonchev–Trinajstić information content (AvgIpc) is 3.01. The van der Waals surface area contributed by atoms with E-state index in [0.717, 1.165) is 35.8 Å². The lowest BCUT2D eigenvalue weighted by Gasteiger charge is -2.08. The molecular formula is C14H8FN3O5S2. The predicted octanol–water partition coefficient (Wildman–Crippen LogP) is 1.65. The molecule has 2 N–H and O–H groups in total. The summed E-state index contributed by atoms with van der Waals surface area (Å²) in [6.45, 7) is 0. The van der Waals surface area contributed by atoms with Gasteiger partial charge in [0.15, 0.2) is 0 Å². The summed E-state index contributed by atoms with van der Waals surface area (Å²) in [5.74, 6) is -2.75. The fourth-order valence-electron chi connectivity index (χ4n) is 2.14. The standard InChI is InChI=1S/C14H8FN3O5S2/c15-7-5-9(12-10(6-7)17-18-24-12)14(20)16-13(19)8-3-1-2-4-11(8)25(21,22)23/h1-6H,(H,16,19,20)(H,21,22,23). The molecule has 3 rings (SSSR count). The third kappa shape index (κ3) is 3.38. The molecule has 2 amide bonds. The number of hydrogen-bond donors (Lipinski definition) is 2. The van der Waals surface area contributed by atoms with Crippen molar-refractivity contribution in [3.05, 3.63) is 53.3 Å². The molecule has 0 saturated carbocycles. The molecule has 3 aromatic rings. The fourth-order valence-corrected chi connectivity index (χ4v) is 3.48. The summed E-state index contributed by atoms with van der Waals surface area (Å²) in [7, 11) is -4.66. The number of halogens is 1. The number of nitrogens with one attached hydrogen (secondary N) is 1. The molecule has 8 nitrogen and oxygen atoms in total. The zero-order valence-electron chi connectivity index (χ0n) is 12.1. The van der Waals surface area contributed by atoms with E-state index in [9.17, 15) is 22.4 Å². The molecule has 25 heavy (non-hydrogen) atoms. The van der Waals surface area contributed by atoms with Gasteiger partial charge in [-0.15, -0.1) is 5.10 Å². The fraction of sp³-hybridized carbons (Fsp3) is 0. The third-order valence-corrected chi connectivity index (χ3v) is 4.88. The van der Waals surface area contributed by atoms with E-state index in [1.165, 1.54) is 12.1 Å². The summed E-state index contributed by atoms with van der Waals surface area (Å²) >= 11 is 0.845. The minimum atomic E-state index is -4.66. The van der Waals surface area contributed by atoms with E-state index in [1.807, 2.05) is 5.32 Å². The molecule has 0 aliphatic rings. The number of hydrogen-bond acceptors (Lipinski definition) is 7. The van der Waals surface area contributed by atoms with E-state index in [4.69, 9.17) is 4.55 Å². The van der Waals surface area contributed by atoms with Gasteiger partial charge < -0.3 is 0 Å². The smallest absolute Gasteiger partial charge is 0.288 e. The zero-order valence-corrected chi connectivity index (χ0v) is 13.8. The lowest BCUT2D eigenvalue weighted by molar-refractivity contribution is 0.0847. The van der Waals surface area contributed by atoms with Gasteiger partial charge >= 0.3 is 0 Å². The summed E-state index contributed by atoms with van der Waals surface area (Å²) in [4.78, 5) is 23.9. The Hall–Kier alpha value is -2.76. The molecule has 0 unspecified atom stereocenters. The Morgan fingerprint density at radius 2 is 1.80 bits per heavy atom. The van der Waals surface area contributed by atoms with E-state index in [2.05, 4.69) is 9.59 Å². The van der Waals surface area contributed by atoms with Crippen LogP contribution in [-0.4, -0.2) is 34.4 Å². The van der Waals surface area contributed by atoms with Crippen molar-refractivity contribution < 1.29 is 27.0 Å². The molecule has 0 aliphatic carbocycles. The highest BCUT2D eigenvalue weighted by Crippen LogP contribution is 2.22. The van der Waals surface area contributed by atoms with Crippen LogP contribution in [0.3, 0.4) is 0 Å². The van der Waals surface area contributed by atoms with Crippen molar-refractivity contribution >= 4 is 43.7 Å². The Kier molecular flexibility index (Phi) is 4.29. The summed E-state index contributed by atoms with van der Waals surface area (Å²) in [6, 6.07) is 6.82. The molecular weight excluding hydrogens is 373 g/mol. The van der Waals surface area contributed by atoms with Gasteiger partial charge in [0.05, 0.1) is 15.8 Å². The van der Waals surface area contributed by atoms with Gasteiger partial charge in [-0.25, -0.2) is 4.39 Å². The highest BCUT2D eigenvalue weighted by Gasteiger charge is 2.23.